The van der Waals surface area contributed by atoms with Crippen LogP contribution in [0.15, 0.2) is 51.5 Å². The maximum atomic E-state index is 12.0. The van der Waals surface area contributed by atoms with E-state index in [1.165, 1.54) is 0 Å². The molecule has 0 aromatic carbocycles. The molecule has 0 atom stereocenters. The summed E-state index contributed by atoms with van der Waals surface area (Å²) in [5.74, 6) is 0.250. The zero-order chi connectivity index (χ0) is 14.7. The Bertz CT molecular complexity index is 757. The number of amides is 1. The number of hydrogen-bond donors (Lipinski definition) is 2. The highest BCUT2D eigenvalue weighted by Crippen LogP contribution is 2.17. The van der Waals surface area contributed by atoms with Crippen molar-refractivity contribution in [1.82, 2.24) is 15.6 Å². The maximum Gasteiger partial charge on any atom is 0.291 e. The topological polar surface area (TPSA) is 83.3 Å². The fraction of sp³-hybridized carbons (Fsp3) is 0.0714. The Morgan fingerprint density at radius 1 is 1.43 bits per heavy atom. The lowest BCUT2D eigenvalue weighted by Gasteiger charge is -1.98. The molecule has 2 N–H and O–H groups in total. The standard InChI is InChI=1S/C14H12N4O2S/c1-9(13-5-3-7-21-13)15-18-14(19)11-8-10(16-17-11)12-4-2-6-20-12/h2-8H,1H3,(H,16,17)(H,18,19)/b15-9+. The van der Waals surface area contributed by atoms with Gasteiger partial charge < -0.3 is 4.42 Å². The quantitative estimate of drug-likeness (QED) is 0.574. The number of nitrogens with zero attached hydrogens (tertiary/aromatic N) is 2. The number of H-pyrrole nitrogens is 1. The van der Waals surface area contributed by atoms with Gasteiger partial charge in [0.15, 0.2) is 11.5 Å². The number of aromatic nitrogens is 2. The molecule has 3 aromatic rings. The van der Waals surface area contributed by atoms with Crippen LogP contribution < -0.4 is 5.43 Å². The van der Waals surface area contributed by atoms with Crippen LogP contribution in [0, 0.1) is 0 Å². The lowest BCUT2D eigenvalue weighted by atomic mass is 10.3. The average Bonchev–Trinajstić information content (AvgIpc) is 3.25. The summed E-state index contributed by atoms with van der Waals surface area (Å²) < 4.78 is 5.23. The van der Waals surface area contributed by atoms with Crippen molar-refractivity contribution < 1.29 is 9.21 Å². The first-order valence-electron chi connectivity index (χ1n) is 6.22. The van der Waals surface area contributed by atoms with Gasteiger partial charge in [-0.2, -0.15) is 10.2 Å². The Kier molecular flexibility index (Phi) is 3.65. The zero-order valence-electron chi connectivity index (χ0n) is 11.2. The number of furan rings is 1. The Balaban J connectivity index is 1.70. The molecule has 0 saturated heterocycles. The Hall–Kier alpha value is -2.67. The number of hydrazone groups is 1. The van der Waals surface area contributed by atoms with E-state index in [0.717, 1.165) is 10.6 Å². The minimum atomic E-state index is -0.375. The third kappa shape index (κ3) is 2.92. The molecule has 3 aromatic heterocycles. The number of thiophene rings is 1. The van der Waals surface area contributed by atoms with E-state index in [0.29, 0.717) is 11.5 Å². The van der Waals surface area contributed by atoms with Gasteiger partial charge in [0.05, 0.1) is 12.0 Å². The summed E-state index contributed by atoms with van der Waals surface area (Å²) in [5, 5.41) is 12.7. The normalized spacial score (nSPS) is 11.6. The Morgan fingerprint density at radius 2 is 2.33 bits per heavy atom. The van der Waals surface area contributed by atoms with Crippen molar-refractivity contribution in [3.63, 3.8) is 0 Å². The van der Waals surface area contributed by atoms with Crippen LogP contribution in [0.5, 0.6) is 0 Å². The fourth-order valence-electron chi connectivity index (χ4n) is 1.73. The van der Waals surface area contributed by atoms with Gasteiger partial charge in [0.2, 0.25) is 0 Å². The van der Waals surface area contributed by atoms with E-state index >= 15 is 0 Å². The predicted molar refractivity (Wildman–Crippen MR) is 80.3 cm³/mol. The van der Waals surface area contributed by atoms with Crippen LogP contribution in [0.3, 0.4) is 0 Å². The molecule has 3 rings (SSSR count). The summed E-state index contributed by atoms with van der Waals surface area (Å²) in [6, 6.07) is 9.05. The smallest absolute Gasteiger partial charge is 0.291 e. The Labute approximate surface area is 124 Å². The number of hydrogen-bond acceptors (Lipinski definition) is 5. The monoisotopic (exact) mass is 300 g/mol. The van der Waals surface area contributed by atoms with E-state index in [1.807, 2.05) is 24.4 Å². The van der Waals surface area contributed by atoms with Crippen molar-refractivity contribution in [2.75, 3.05) is 0 Å². The molecule has 0 unspecified atom stereocenters. The van der Waals surface area contributed by atoms with Gasteiger partial charge in [0.25, 0.3) is 5.91 Å². The average molecular weight is 300 g/mol. The molecule has 21 heavy (non-hydrogen) atoms. The van der Waals surface area contributed by atoms with Crippen molar-refractivity contribution in [3.05, 3.63) is 52.5 Å². The molecule has 0 radical (unpaired) electrons. The van der Waals surface area contributed by atoms with Gasteiger partial charge in [-0.3, -0.25) is 9.89 Å². The van der Waals surface area contributed by atoms with Crippen molar-refractivity contribution in [3.8, 4) is 11.5 Å². The summed E-state index contributed by atoms with van der Waals surface area (Å²) >= 11 is 1.56. The third-order valence-electron chi connectivity index (χ3n) is 2.80. The third-order valence-corrected chi connectivity index (χ3v) is 3.78. The molecular formula is C14H12N4O2S. The number of nitrogens with one attached hydrogen (secondary N) is 2. The van der Waals surface area contributed by atoms with E-state index in [4.69, 9.17) is 4.42 Å². The maximum absolute atomic E-state index is 12.0. The van der Waals surface area contributed by atoms with E-state index in [-0.39, 0.29) is 11.6 Å². The fourth-order valence-corrected chi connectivity index (χ4v) is 2.40. The van der Waals surface area contributed by atoms with Gasteiger partial charge in [0, 0.05) is 10.9 Å². The first kappa shape index (κ1) is 13.3. The SMILES string of the molecule is C/C(=N\NC(=O)c1cc(-c2ccco2)[nH]n1)c1cccs1. The van der Waals surface area contributed by atoms with Gasteiger partial charge in [-0.05, 0) is 30.5 Å². The minimum Gasteiger partial charge on any atom is -0.463 e. The summed E-state index contributed by atoms with van der Waals surface area (Å²) in [6.45, 7) is 1.84. The minimum absolute atomic E-state index is 0.254. The first-order valence-corrected chi connectivity index (χ1v) is 7.10. The number of carbonyl (C=O) groups excluding carboxylic acids is 1. The van der Waals surface area contributed by atoms with Crippen LogP contribution in [0.1, 0.15) is 22.3 Å². The largest absolute Gasteiger partial charge is 0.463 e. The second-order valence-corrected chi connectivity index (χ2v) is 5.21. The molecule has 0 spiro atoms. The van der Waals surface area contributed by atoms with E-state index < -0.39 is 0 Å². The summed E-state index contributed by atoms with van der Waals surface area (Å²) in [7, 11) is 0. The first-order chi connectivity index (χ1) is 10.2. The van der Waals surface area contributed by atoms with E-state index in [1.54, 1.807) is 35.8 Å². The molecule has 0 aliphatic rings. The summed E-state index contributed by atoms with van der Waals surface area (Å²) in [4.78, 5) is 13.0. The number of carbonyl (C=O) groups is 1. The lowest BCUT2D eigenvalue weighted by Crippen LogP contribution is -2.19. The molecule has 0 bridgehead atoms. The van der Waals surface area contributed by atoms with Gasteiger partial charge >= 0.3 is 0 Å². The van der Waals surface area contributed by atoms with E-state index in [9.17, 15) is 4.79 Å². The van der Waals surface area contributed by atoms with Crippen LogP contribution in [0.25, 0.3) is 11.5 Å². The van der Waals surface area contributed by atoms with Crippen molar-refractivity contribution >= 4 is 23.0 Å². The summed E-state index contributed by atoms with van der Waals surface area (Å²) in [6.07, 6.45) is 1.56. The lowest BCUT2D eigenvalue weighted by molar-refractivity contribution is 0.0950. The second kappa shape index (κ2) is 5.76. The molecule has 7 heteroatoms. The molecule has 1 amide bonds. The molecule has 3 heterocycles. The van der Waals surface area contributed by atoms with E-state index in [2.05, 4.69) is 20.7 Å². The predicted octanol–water partition coefficient (Wildman–Crippen LogP) is 2.89. The van der Waals surface area contributed by atoms with Crippen LogP contribution in [-0.4, -0.2) is 21.8 Å². The zero-order valence-corrected chi connectivity index (χ0v) is 12.0. The van der Waals surface area contributed by atoms with Gasteiger partial charge in [-0.1, -0.05) is 6.07 Å². The van der Waals surface area contributed by atoms with Gasteiger partial charge in [0.1, 0.15) is 5.69 Å². The molecule has 0 aliphatic carbocycles. The molecule has 106 valence electrons. The number of aromatic amines is 1. The second-order valence-electron chi connectivity index (χ2n) is 4.26. The molecule has 0 fully saturated rings. The van der Waals surface area contributed by atoms with Crippen LogP contribution in [-0.2, 0) is 0 Å². The van der Waals surface area contributed by atoms with Crippen LogP contribution >= 0.6 is 11.3 Å². The highest BCUT2D eigenvalue weighted by molar-refractivity contribution is 7.12. The van der Waals surface area contributed by atoms with Gasteiger partial charge in [-0.15, -0.1) is 11.3 Å². The summed E-state index contributed by atoms with van der Waals surface area (Å²) in [5.41, 5.74) is 4.13. The molecule has 0 saturated carbocycles. The van der Waals surface area contributed by atoms with Crippen molar-refractivity contribution in [2.45, 2.75) is 6.92 Å². The highest BCUT2D eigenvalue weighted by Gasteiger charge is 2.12. The van der Waals surface area contributed by atoms with Crippen LogP contribution in [0.2, 0.25) is 0 Å². The van der Waals surface area contributed by atoms with Gasteiger partial charge in [-0.25, -0.2) is 5.43 Å². The molecule has 0 aliphatic heterocycles. The molecule has 6 nitrogen and oxygen atoms in total. The van der Waals surface area contributed by atoms with Crippen molar-refractivity contribution in [2.24, 2.45) is 5.10 Å². The Morgan fingerprint density at radius 3 is 3.05 bits per heavy atom. The van der Waals surface area contributed by atoms with Crippen molar-refractivity contribution in [1.29, 1.82) is 0 Å². The highest BCUT2D eigenvalue weighted by atomic mass is 32.1. The number of rotatable bonds is 4. The molecular weight excluding hydrogens is 288 g/mol. The van der Waals surface area contributed by atoms with Crippen LogP contribution in [0.4, 0.5) is 0 Å².